The van der Waals surface area contributed by atoms with Gasteiger partial charge in [0.05, 0.1) is 24.2 Å². The van der Waals surface area contributed by atoms with Crippen LogP contribution in [0.25, 0.3) is 5.69 Å². The van der Waals surface area contributed by atoms with Crippen LogP contribution in [0.5, 0.6) is 0 Å². The topological polar surface area (TPSA) is 52.0 Å². The predicted octanol–water partition coefficient (Wildman–Crippen LogP) is 2.16. The maximum Gasteiger partial charge on any atom is 0.0969 e. The number of rotatable bonds is 7. The van der Waals surface area contributed by atoms with Crippen LogP contribution in [0.15, 0.2) is 30.5 Å². The highest BCUT2D eigenvalue weighted by Gasteiger charge is 2.07. The number of methoxy groups -OCH3 is 1. The van der Waals surface area contributed by atoms with Gasteiger partial charge in [0.2, 0.25) is 0 Å². The molecule has 0 atom stereocenters. The maximum absolute atomic E-state index is 5.21. The van der Waals surface area contributed by atoms with Gasteiger partial charge in [-0.05, 0) is 18.5 Å². The molecule has 108 valence electrons. The summed E-state index contributed by atoms with van der Waals surface area (Å²) in [5.74, 6) is 0.632. The SMILES string of the molecule is COCc1ccccc1-n1cc(CNCC(C)C)nn1. The Balaban J connectivity index is 2.08. The van der Waals surface area contributed by atoms with Crippen molar-refractivity contribution in [3.8, 4) is 5.69 Å². The largest absolute Gasteiger partial charge is 0.380 e. The molecule has 0 saturated carbocycles. The average Bonchev–Trinajstić information content (AvgIpc) is 2.88. The molecule has 0 aliphatic carbocycles. The Morgan fingerprint density at radius 1 is 1.30 bits per heavy atom. The van der Waals surface area contributed by atoms with Gasteiger partial charge in [-0.15, -0.1) is 5.10 Å². The summed E-state index contributed by atoms with van der Waals surface area (Å²) in [5.41, 5.74) is 3.05. The molecule has 1 aromatic carbocycles. The molecule has 0 fully saturated rings. The fourth-order valence-electron chi connectivity index (χ4n) is 2.00. The zero-order valence-electron chi connectivity index (χ0n) is 12.3. The number of hydrogen-bond acceptors (Lipinski definition) is 4. The fraction of sp³-hybridized carbons (Fsp3) is 0.467. The van der Waals surface area contributed by atoms with E-state index in [9.17, 15) is 0 Å². The molecule has 1 aromatic heterocycles. The molecule has 5 nitrogen and oxygen atoms in total. The number of nitrogens with one attached hydrogen (secondary N) is 1. The smallest absolute Gasteiger partial charge is 0.0969 e. The van der Waals surface area contributed by atoms with Gasteiger partial charge in [-0.2, -0.15) is 0 Å². The lowest BCUT2D eigenvalue weighted by molar-refractivity contribution is 0.184. The predicted molar refractivity (Wildman–Crippen MR) is 78.6 cm³/mol. The fourth-order valence-corrected chi connectivity index (χ4v) is 2.00. The van der Waals surface area contributed by atoms with Crippen molar-refractivity contribution in [3.05, 3.63) is 41.7 Å². The molecule has 2 aromatic rings. The summed E-state index contributed by atoms with van der Waals surface area (Å²) >= 11 is 0. The first-order valence-electron chi connectivity index (χ1n) is 6.90. The third-order valence-corrected chi connectivity index (χ3v) is 2.94. The average molecular weight is 274 g/mol. The first-order chi connectivity index (χ1) is 9.70. The van der Waals surface area contributed by atoms with E-state index in [1.807, 2.05) is 30.5 Å². The zero-order valence-corrected chi connectivity index (χ0v) is 12.3. The van der Waals surface area contributed by atoms with Crippen molar-refractivity contribution in [1.29, 1.82) is 0 Å². The third-order valence-electron chi connectivity index (χ3n) is 2.94. The van der Waals surface area contributed by atoms with Gasteiger partial charge in [0.25, 0.3) is 0 Å². The first kappa shape index (κ1) is 14.7. The normalized spacial score (nSPS) is 11.2. The van der Waals surface area contributed by atoms with Crippen LogP contribution in [0.2, 0.25) is 0 Å². The molecule has 0 radical (unpaired) electrons. The van der Waals surface area contributed by atoms with Gasteiger partial charge in [-0.1, -0.05) is 37.3 Å². The highest BCUT2D eigenvalue weighted by molar-refractivity contribution is 5.39. The molecule has 0 aliphatic rings. The number of para-hydroxylation sites is 1. The van der Waals surface area contributed by atoms with Crippen LogP contribution in [0.1, 0.15) is 25.1 Å². The molecule has 0 spiro atoms. The summed E-state index contributed by atoms with van der Waals surface area (Å²) in [6, 6.07) is 8.05. The molecule has 1 heterocycles. The molecule has 0 saturated heterocycles. The molecule has 0 aliphatic heterocycles. The molecule has 0 unspecified atom stereocenters. The Morgan fingerprint density at radius 3 is 2.85 bits per heavy atom. The van der Waals surface area contributed by atoms with Crippen molar-refractivity contribution >= 4 is 0 Å². The Kier molecular flexibility index (Phi) is 5.26. The number of benzene rings is 1. The summed E-state index contributed by atoms with van der Waals surface area (Å²) in [6.45, 7) is 6.66. The van der Waals surface area contributed by atoms with E-state index in [0.29, 0.717) is 12.5 Å². The van der Waals surface area contributed by atoms with Gasteiger partial charge in [0, 0.05) is 19.2 Å². The quantitative estimate of drug-likeness (QED) is 0.840. The van der Waals surface area contributed by atoms with Crippen molar-refractivity contribution in [2.45, 2.75) is 27.0 Å². The molecular weight excluding hydrogens is 252 g/mol. The Hall–Kier alpha value is -1.72. The van der Waals surface area contributed by atoms with Crippen molar-refractivity contribution in [2.75, 3.05) is 13.7 Å². The summed E-state index contributed by atoms with van der Waals surface area (Å²) in [7, 11) is 1.69. The van der Waals surface area contributed by atoms with Crippen LogP contribution in [-0.2, 0) is 17.9 Å². The highest BCUT2D eigenvalue weighted by Crippen LogP contribution is 2.14. The molecule has 20 heavy (non-hydrogen) atoms. The number of ether oxygens (including phenoxy) is 1. The van der Waals surface area contributed by atoms with Crippen LogP contribution in [0.4, 0.5) is 0 Å². The number of hydrogen-bond donors (Lipinski definition) is 1. The Bertz CT molecular complexity index is 536. The third kappa shape index (κ3) is 3.88. The zero-order chi connectivity index (χ0) is 14.4. The maximum atomic E-state index is 5.21. The van der Waals surface area contributed by atoms with E-state index >= 15 is 0 Å². The number of nitrogens with zero attached hydrogens (tertiary/aromatic N) is 3. The molecule has 2 rings (SSSR count). The van der Waals surface area contributed by atoms with Gasteiger partial charge in [0.1, 0.15) is 0 Å². The van der Waals surface area contributed by atoms with E-state index in [1.54, 1.807) is 11.8 Å². The van der Waals surface area contributed by atoms with Crippen LogP contribution >= 0.6 is 0 Å². The van der Waals surface area contributed by atoms with E-state index < -0.39 is 0 Å². The summed E-state index contributed by atoms with van der Waals surface area (Å²) in [6.07, 6.45) is 1.96. The minimum absolute atomic E-state index is 0.566. The lowest BCUT2D eigenvalue weighted by atomic mass is 10.2. The van der Waals surface area contributed by atoms with Gasteiger partial charge in [-0.3, -0.25) is 0 Å². The van der Waals surface area contributed by atoms with E-state index in [4.69, 9.17) is 4.74 Å². The van der Waals surface area contributed by atoms with Crippen LogP contribution in [0.3, 0.4) is 0 Å². The summed E-state index contributed by atoms with van der Waals surface area (Å²) in [5, 5.41) is 11.8. The molecule has 0 bridgehead atoms. The molecular formula is C15H22N4O. The van der Waals surface area contributed by atoms with E-state index in [1.165, 1.54) is 0 Å². The lowest BCUT2D eigenvalue weighted by Crippen LogP contribution is -2.19. The second-order valence-electron chi connectivity index (χ2n) is 5.24. The van der Waals surface area contributed by atoms with Crippen molar-refractivity contribution in [2.24, 2.45) is 5.92 Å². The van der Waals surface area contributed by atoms with Crippen LogP contribution in [0, 0.1) is 5.92 Å². The van der Waals surface area contributed by atoms with Crippen molar-refractivity contribution < 1.29 is 4.74 Å². The van der Waals surface area contributed by atoms with Gasteiger partial charge < -0.3 is 10.1 Å². The standard InChI is InChI=1S/C15H22N4O/c1-12(2)8-16-9-14-10-19(18-17-14)15-7-5-4-6-13(15)11-20-3/h4-7,10,12,16H,8-9,11H2,1-3H3. The second-order valence-corrected chi connectivity index (χ2v) is 5.24. The Morgan fingerprint density at radius 2 is 2.10 bits per heavy atom. The van der Waals surface area contributed by atoms with Crippen LogP contribution < -0.4 is 5.32 Å². The van der Waals surface area contributed by atoms with E-state index in [0.717, 1.165) is 30.0 Å². The second kappa shape index (κ2) is 7.17. The van der Waals surface area contributed by atoms with E-state index in [-0.39, 0.29) is 0 Å². The highest BCUT2D eigenvalue weighted by atomic mass is 16.5. The molecule has 5 heteroatoms. The first-order valence-corrected chi connectivity index (χ1v) is 6.90. The molecule has 1 N–H and O–H groups in total. The summed E-state index contributed by atoms with van der Waals surface area (Å²) in [4.78, 5) is 0. The minimum atomic E-state index is 0.566. The summed E-state index contributed by atoms with van der Waals surface area (Å²) < 4.78 is 7.02. The van der Waals surface area contributed by atoms with Gasteiger partial charge >= 0.3 is 0 Å². The van der Waals surface area contributed by atoms with E-state index in [2.05, 4.69) is 29.5 Å². The van der Waals surface area contributed by atoms with Gasteiger partial charge in [-0.25, -0.2) is 4.68 Å². The van der Waals surface area contributed by atoms with Crippen molar-refractivity contribution in [1.82, 2.24) is 20.3 Å². The van der Waals surface area contributed by atoms with Crippen LogP contribution in [-0.4, -0.2) is 28.6 Å². The lowest BCUT2D eigenvalue weighted by Gasteiger charge is -2.07. The monoisotopic (exact) mass is 274 g/mol. The Labute approximate surface area is 120 Å². The molecule has 0 amide bonds. The minimum Gasteiger partial charge on any atom is -0.380 e. The number of aromatic nitrogens is 3. The van der Waals surface area contributed by atoms with Crippen molar-refractivity contribution in [3.63, 3.8) is 0 Å². The van der Waals surface area contributed by atoms with Gasteiger partial charge in [0.15, 0.2) is 0 Å².